The first-order chi connectivity index (χ1) is 9.58. The van der Waals surface area contributed by atoms with Gasteiger partial charge in [0.2, 0.25) is 0 Å². The molecule has 2 rings (SSSR count). The Morgan fingerprint density at radius 2 is 2.15 bits per heavy atom. The van der Waals surface area contributed by atoms with Crippen molar-refractivity contribution in [1.82, 2.24) is 4.90 Å². The number of carboxylic acid groups (broad SMARTS) is 1. The molecule has 1 saturated heterocycles. The maximum atomic E-state index is 11.3. The number of nitrogens with zero attached hydrogens (tertiary/aromatic N) is 1. The van der Waals surface area contributed by atoms with E-state index >= 15 is 0 Å². The standard InChI is InChI=1S/C15H22N2O3/c1-11-4-3-5-13(15(18)19)14(11)16-12(2)10-17-6-8-20-9-7-17/h3-5,12,16H,6-10H2,1-2H3,(H,18,19). The Bertz CT molecular complexity index is 470. The van der Waals surface area contributed by atoms with Crippen molar-refractivity contribution >= 4 is 11.7 Å². The van der Waals surface area contributed by atoms with E-state index in [1.54, 1.807) is 12.1 Å². The number of nitrogens with one attached hydrogen (secondary N) is 1. The first-order valence-electron chi connectivity index (χ1n) is 6.97. The fraction of sp³-hybridized carbons (Fsp3) is 0.533. The Labute approximate surface area is 119 Å². The lowest BCUT2D eigenvalue weighted by Gasteiger charge is -2.30. The van der Waals surface area contributed by atoms with E-state index in [0.29, 0.717) is 5.56 Å². The molecule has 1 fully saturated rings. The molecule has 1 unspecified atom stereocenters. The molecule has 0 amide bonds. The van der Waals surface area contributed by atoms with Crippen LogP contribution in [0.1, 0.15) is 22.8 Å². The second-order valence-corrected chi connectivity index (χ2v) is 5.26. The van der Waals surface area contributed by atoms with Crippen LogP contribution in [0, 0.1) is 6.92 Å². The largest absolute Gasteiger partial charge is 0.478 e. The van der Waals surface area contributed by atoms with E-state index in [0.717, 1.165) is 44.1 Å². The zero-order valence-electron chi connectivity index (χ0n) is 12.1. The van der Waals surface area contributed by atoms with Crippen LogP contribution in [-0.4, -0.2) is 54.9 Å². The van der Waals surface area contributed by atoms with Gasteiger partial charge in [-0.2, -0.15) is 0 Å². The Morgan fingerprint density at radius 3 is 2.80 bits per heavy atom. The van der Waals surface area contributed by atoms with Crippen LogP contribution >= 0.6 is 0 Å². The molecular weight excluding hydrogens is 256 g/mol. The van der Waals surface area contributed by atoms with Gasteiger partial charge < -0.3 is 15.2 Å². The number of ether oxygens (including phenoxy) is 1. The minimum Gasteiger partial charge on any atom is -0.478 e. The molecule has 0 saturated carbocycles. The van der Waals surface area contributed by atoms with Gasteiger partial charge >= 0.3 is 5.97 Å². The molecule has 5 nitrogen and oxygen atoms in total. The molecule has 0 radical (unpaired) electrons. The molecule has 1 heterocycles. The van der Waals surface area contributed by atoms with E-state index in [2.05, 4.69) is 17.1 Å². The summed E-state index contributed by atoms with van der Waals surface area (Å²) >= 11 is 0. The van der Waals surface area contributed by atoms with E-state index < -0.39 is 5.97 Å². The van der Waals surface area contributed by atoms with Crippen LogP contribution in [0.3, 0.4) is 0 Å². The summed E-state index contributed by atoms with van der Waals surface area (Å²) in [6.07, 6.45) is 0. The Kier molecular flexibility index (Phi) is 4.98. The number of hydrogen-bond acceptors (Lipinski definition) is 4. The quantitative estimate of drug-likeness (QED) is 0.860. The lowest BCUT2D eigenvalue weighted by Crippen LogP contribution is -2.42. The molecule has 0 aliphatic carbocycles. The zero-order chi connectivity index (χ0) is 14.5. The van der Waals surface area contributed by atoms with E-state index in [-0.39, 0.29) is 6.04 Å². The minimum absolute atomic E-state index is 0.187. The highest BCUT2D eigenvalue weighted by Gasteiger charge is 2.17. The maximum absolute atomic E-state index is 11.3. The van der Waals surface area contributed by atoms with Crippen LogP contribution in [-0.2, 0) is 4.74 Å². The molecule has 1 atom stereocenters. The molecule has 110 valence electrons. The summed E-state index contributed by atoms with van der Waals surface area (Å²) in [6.45, 7) is 8.31. The third-order valence-corrected chi connectivity index (χ3v) is 3.53. The van der Waals surface area contributed by atoms with E-state index in [1.807, 2.05) is 13.0 Å². The summed E-state index contributed by atoms with van der Waals surface area (Å²) in [5, 5.41) is 12.6. The Balaban J connectivity index is 2.03. The van der Waals surface area contributed by atoms with Crippen LogP contribution in [0.2, 0.25) is 0 Å². The smallest absolute Gasteiger partial charge is 0.337 e. The predicted octanol–water partition coefficient (Wildman–Crippen LogP) is 1.83. The molecule has 1 aliphatic heterocycles. The molecular formula is C15H22N2O3. The van der Waals surface area contributed by atoms with Gasteiger partial charge in [-0.05, 0) is 25.5 Å². The zero-order valence-corrected chi connectivity index (χ0v) is 12.1. The van der Waals surface area contributed by atoms with Crippen LogP contribution < -0.4 is 5.32 Å². The molecule has 1 aromatic rings. The monoisotopic (exact) mass is 278 g/mol. The number of hydrogen-bond donors (Lipinski definition) is 2. The Morgan fingerprint density at radius 1 is 1.45 bits per heavy atom. The number of aryl methyl sites for hydroxylation is 1. The first kappa shape index (κ1) is 14.8. The number of anilines is 1. The van der Waals surface area contributed by atoms with Gasteiger partial charge in [-0.25, -0.2) is 4.79 Å². The first-order valence-corrected chi connectivity index (χ1v) is 6.97. The normalized spacial score (nSPS) is 17.7. The van der Waals surface area contributed by atoms with Crippen molar-refractivity contribution < 1.29 is 14.6 Å². The minimum atomic E-state index is -0.894. The van der Waals surface area contributed by atoms with Crippen LogP contribution in [0.4, 0.5) is 5.69 Å². The average Bonchev–Trinajstić information content (AvgIpc) is 2.42. The highest BCUT2D eigenvalue weighted by Crippen LogP contribution is 2.21. The average molecular weight is 278 g/mol. The summed E-state index contributed by atoms with van der Waals surface area (Å²) in [5.41, 5.74) is 2.01. The van der Waals surface area contributed by atoms with Crippen molar-refractivity contribution in [1.29, 1.82) is 0 Å². The third kappa shape index (κ3) is 3.71. The second-order valence-electron chi connectivity index (χ2n) is 5.26. The SMILES string of the molecule is Cc1cccc(C(=O)O)c1NC(C)CN1CCOCC1. The predicted molar refractivity (Wildman–Crippen MR) is 78.5 cm³/mol. The van der Waals surface area contributed by atoms with Gasteiger partial charge in [-0.15, -0.1) is 0 Å². The van der Waals surface area contributed by atoms with E-state index in [1.165, 1.54) is 0 Å². The fourth-order valence-corrected chi connectivity index (χ4v) is 2.50. The van der Waals surface area contributed by atoms with Crippen molar-refractivity contribution in [3.8, 4) is 0 Å². The number of carbonyl (C=O) groups is 1. The second kappa shape index (κ2) is 6.72. The summed E-state index contributed by atoms with van der Waals surface area (Å²) in [7, 11) is 0. The van der Waals surface area contributed by atoms with Crippen LogP contribution in [0.25, 0.3) is 0 Å². The topological polar surface area (TPSA) is 61.8 Å². The van der Waals surface area contributed by atoms with Crippen molar-refractivity contribution in [3.63, 3.8) is 0 Å². The number of morpholine rings is 1. The van der Waals surface area contributed by atoms with Crippen LogP contribution in [0.5, 0.6) is 0 Å². The summed E-state index contributed by atoms with van der Waals surface area (Å²) < 4.78 is 5.33. The van der Waals surface area contributed by atoms with E-state index in [9.17, 15) is 9.90 Å². The highest BCUT2D eigenvalue weighted by molar-refractivity contribution is 5.95. The van der Waals surface area contributed by atoms with Gasteiger partial charge in [0.15, 0.2) is 0 Å². The van der Waals surface area contributed by atoms with Crippen LogP contribution in [0.15, 0.2) is 18.2 Å². The lowest BCUT2D eigenvalue weighted by molar-refractivity contribution is 0.0368. The summed E-state index contributed by atoms with van der Waals surface area (Å²) in [6, 6.07) is 5.53. The molecule has 1 aromatic carbocycles. The van der Waals surface area contributed by atoms with Gasteiger partial charge in [0.05, 0.1) is 24.5 Å². The maximum Gasteiger partial charge on any atom is 0.337 e. The van der Waals surface area contributed by atoms with Gasteiger partial charge in [0.1, 0.15) is 0 Å². The Hall–Kier alpha value is -1.59. The van der Waals surface area contributed by atoms with Crippen molar-refractivity contribution in [2.24, 2.45) is 0 Å². The third-order valence-electron chi connectivity index (χ3n) is 3.53. The van der Waals surface area contributed by atoms with Gasteiger partial charge in [-0.1, -0.05) is 12.1 Å². The highest BCUT2D eigenvalue weighted by atomic mass is 16.5. The molecule has 0 aromatic heterocycles. The molecule has 0 spiro atoms. The molecule has 1 aliphatic rings. The number of rotatable bonds is 5. The molecule has 2 N–H and O–H groups in total. The number of carboxylic acids is 1. The van der Waals surface area contributed by atoms with Crippen molar-refractivity contribution in [3.05, 3.63) is 29.3 Å². The van der Waals surface area contributed by atoms with Gasteiger partial charge in [0, 0.05) is 25.7 Å². The van der Waals surface area contributed by atoms with E-state index in [4.69, 9.17) is 4.74 Å². The van der Waals surface area contributed by atoms with Gasteiger partial charge in [-0.3, -0.25) is 4.90 Å². The molecule has 20 heavy (non-hydrogen) atoms. The van der Waals surface area contributed by atoms with Gasteiger partial charge in [0.25, 0.3) is 0 Å². The number of benzene rings is 1. The summed E-state index contributed by atoms with van der Waals surface area (Å²) in [4.78, 5) is 13.6. The fourth-order valence-electron chi connectivity index (χ4n) is 2.50. The molecule has 0 bridgehead atoms. The number of para-hydroxylation sites is 1. The molecule has 5 heteroatoms. The lowest BCUT2D eigenvalue weighted by atomic mass is 10.1. The van der Waals surface area contributed by atoms with Crippen molar-refractivity contribution in [2.45, 2.75) is 19.9 Å². The van der Waals surface area contributed by atoms with Crippen molar-refractivity contribution in [2.75, 3.05) is 38.2 Å². The summed E-state index contributed by atoms with van der Waals surface area (Å²) in [5.74, 6) is -0.894. The number of aromatic carboxylic acids is 1.